The number of rotatable bonds is 1. The maximum Gasteiger partial charge on any atom is -0.0349 e. The Kier molecular flexibility index (Phi) is 4.04. The molecule has 0 spiro atoms. The average Bonchev–Trinajstić information content (AvgIpc) is 2.08. The molecule has 0 bridgehead atoms. The van der Waals surface area contributed by atoms with Gasteiger partial charge < -0.3 is 0 Å². The molecule has 0 aromatic carbocycles. The first-order valence-electron chi connectivity index (χ1n) is 6.44. The summed E-state index contributed by atoms with van der Waals surface area (Å²) in [5, 5.41) is 0. The van der Waals surface area contributed by atoms with E-state index in [1.807, 2.05) is 0 Å². The summed E-state index contributed by atoms with van der Waals surface area (Å²) in [4.78, 5) is 0. The van der Waals surface area contributed by atoms with Crippen molar-refractivity contribution in [3.05, 3.63) is 0 Å². The van der Waals surface area contributed by atoms with E-state index in [9.17, 15) is 0 Å². The summed E-state index contributed by atoms with van der Waals surface area (Å²) >= 11 is 0. The van der Waals surface area contributed by atoms with E-state index in [2.05, 4.69) is 34.6 Å². The van der Waals surface area contributed by atoms with Gasteiger partial charge in [-0.15, -0.1) is 0 Å². The highest BCUT2D eigenvalue weighted by atomic mass is 14.4. The molecular formula is C14H28. The Hall–Kier alpha value is 0. The lowest BCUT2D eigenvalue weighted by molar-refractivity contribution is 0.136. The molecular weight excluding hydrogens is 168 g/mol. The molecule has 1 rings (SSSR count). The Morgan fingerprint density at radius 1 is 1.07 bits per heavy atom. The van der Waals surface area contributed by atoms with Crippen LogP contribution in [-0.4, -0.2) is 0 Å². The summed E-state index contributed by atoms with van der Waals surface area (Å²) in [6.45, 7) is 12.2. The van der Waals surface area contributed by atoms with Crippen LogP contribution in [0.25, 0.3) is 0 Å². The predicted octanol–water partition coefficient (Wildman–Crippen LogP) is 4.89. The van der Waals surface area contributed by atoms with Crippen molar-refractivity contribution < 1.29 is 0 Å². The minimum Gasteiger partial charge on any atom is -0.0651 e. The van der Waals surface area contributed by atoms with Gasteiger partial charge in [0.1, 0.15) is 0 Å². The predicted molar refractivity (Wildman–Crippen MR) is 64.4 cm³/mol. The van der Waals surface area contributed by atoms with Crippen LogP contribution < -0.4 is 0 Å². The molecule has 0 aliphatic heterocycles. The van der Waals surface area contributed by atoms with Gasteiger partial charge in [0, 0.05) is 0 Å². The minimum absolute atomic E-state index is 0.578. The molecule has 1 fully saturated rings. The molecule has 0 aromatic rings. The van der Waals surface area contributed by atoms with E-state index in [4.69, 9.17) is 0 Å². The van der Waals surface area contributed by atoms with Gasteiger partial charge in [-0.05, 0) is 36.0 Å². The highest BCUT2D eigenvalue weighted by Crippen LogP contribution is 2.41. The normalized spacial score (nSPS) is 38.8. The van der Waals surface area contributed by atoms with Crippen LogP contribution in [-0.2, 0) is 0 Å². The van der Waals surface area contributed by atoms with Crippen LogP contribution in [0.3, 0.4) is 0 Å². The standard InChI is InChI=1S/C14H28/c1-6-13-10-14(4,5)9-11(2)7-8-12(13)3/h11-13H,6-10H2,1-5H3. The fourth-order valence-corrected chi connectivity index (χ4v) is 3.37. The van der Waals surface area contributed by atoms with Crippen molar-refractivity contribution in [1.29, 1.82) is 0 Å². The lowest BCUT2D eigenvalue weighted by Gasteiger charge is -2.37. The van der Waals surface area contributed by atoms with E-state index in [-0.39, 0.29) is 0 Å². The molecule has 0 nitrogen and oxygen atoms in total. The van der Waals surface area contributed by atoms with E-state index < -0.39 is 0 Å². The fourth-order valence-electron chi connectivity index (χ4n) is 3.37. The van der Waals surface area contributed by atoms with E-state index in [1.54, 1.807) is 0 Å². The Morgan fingerprint density at radius 3 is 2.29 bits per heavy atom. The quantitative estimate of drug-likeness (QED) is 0.560. The van der Waals surface area contributed by atoms with E-state index in [0.717, 1.165) is 17.8 Å². The topological polar surface area (TPSA) is 0 Å². The summed E-state index contributed by atoms with van der Waals surface area (Å²) in [5.41, 5.74) is 0.578. The molecule has 84 valence electrons. The Balaban J connectivity index is 2.66. The SMILES string of the molecule is CCC1CC(C)(C)CC(C)CCC1C. The zero-order chi connectivity index (χ0) is 10.8. The summed E-state index contributed by atoms with van der Waals surface area (Å²) in [6, 6.07) is 0. The first kappa shape index (κ1) is 12.1. The van der Waals surface area contributed by atoms with E-state index in [1.165, 1.54) is 32.1 Å². The van der Waals surface area contributed by atoms with Crippen molar-refractivity contribution >= 4 is 0 Å². The van der Waals surface area contributed by atoms with Crippen molar-refractivity contribution in [2.75, 3.05) is 0 Å². The zero-order valence-corrected chi connectivity index (χ0v) is 10.8. The summed E-state index contributed by atoms with van der Waals surface area (Å²) in [6.07, 6.45) is 7.14. The van der Waals surface area contributed by atoms with Crippen molar-refractivity contribution in [3.8, 4) is 0 Å². The molecule has 14 heavy (non-hydrogen) atoms. The lowest BCUT2D eigenvalue weighted by Crippen LogP contribution is -2.26. The first-order chi connectivity index (χ1) is 6.44. The number of hydrogen-bond donors (Lipinski definition) is 0. The lowest BCUT2D eigenvalue weighted by atomic mass is 9.68. The van der Waals surface area contributed by atoms with Gasteiger partial charge in [-0.25, -0.2) is 0 Å². The molecule has 0 heterocycles. The highest BCUT2D eigenvalue weighted by molar-refractivity contribution is 4.81. The second-order valence-corrected chi connectivity index (χ2v) is 6.40. The molecule has 0 saturated heterocycles. The van der Waals surface area contributed by atoms with Crippen molar-refractivity contribution in [2.24, 2.45) is 23.2 Å². The molecule has 1 saturated carbocycles. The summed E-state index contributed by atoms with van der Waals surface area (Å²) < 4.78 is 0. The second-order valence-electron chi connectivity index (χ2n) is 6.40. The third-order valence-electron chi connectivity index (χ3n) is 4.16. The molecule has 0 amide bonds. The molecule has 3 unspecified atom stereocenters. The van der Waals surface area contributed by atoms with Crippen LogP contribution in [0.5, 0.6) is 0 Å². The molecule has 1 aliphatic rings. The Bertz CT molecular complexity index is 169. The largest absolute Gasteiger partial charge is 0.0651 e. The smallest absolute Gasteiger partial charge is 0.0349 e. The monoisotopic (exact) mass is 196 g/mol. The molecule has 0 heteroatoms. The molecule has 1 aliphatic carbocycles. The molecule has 3 atom stereocenters. The van der Waals surface area contributed by atoms with Gasteiger partial charge >= 0.3 is 0 Å². The van der Waals surface area contributed by atoms with Gasteiger partial charge in [0.25, 0.3) is 0 Å². The van der Waals surface area contributed by atoms with Crippen LogP contribution in [0.4, 0.5) is 0 Å². The van der Waals surface area contributed by atoms with Gasteiger partial charge in [0.2, 0.25) is 0 Å². The summed E-state index contributed by atoms with van der Waals surface area (Å²) in [7, 11) is 0. The van der Waals surface area contributed by atoms with Crippen LogP contribution >= 0.6 is 0 Å². The second kappa shape index (κ2) is 4.68. The third-order valence-corrected chi connectivity index (χ3v) is 4.16. The summed E-state index contributed by atoms with van der Waals surface area (Å²) in [5.74, 6) is 2.85. The third kappa shape index (κ3) is 3.29. The average molecular weight is 196 g/mol. The van der Waals surface area contributed by atoms with E-state index in [0.29, 0.717) is 5.41 Å². The zero-order valence-electron chi connectivity index (χ0n) is 10.8. The van der Waals surface area contributed by atoms with Gasteiger partial charge in [-0.3, -0.25) is 0 Å². The van der Waals surface area contributed by atoms with Crippen LogP contribution in [0.2, 0.25) is 0 Å². The van der Waals surface area contributed by atoms with Crippen molar-refractivity contribution in [3.63, 3.8) is 0 Å². The van der Waals surface area contributed by atoms with Gasteiger partial charge in [-0.1, -0.05) is 53.9 Å². The van der Waals surface area contributed by atoms with E-state index >= 15 is 0 Å². The van der Waals surface area contributed by atoms with Crippen LogP contribution in [0.15, 0.2) is 0 Å². The van der Waals surface area contributed by atoms with Crippen molar-refractivity contribution in [2.45, 2.75) is 66.7 Å². The van der Waals surface area contributed by atoms with Crippen LogP contribution in [0, 0.1) is 23.2 Å². The maximum atomic E-state index is 2.46. The Morgan fingerprint density at radius 2 is 1.71 bits per heavy atom. The number of hydrogen-bond acceptors (Lipinski definition) is 0. The van der Waals surface area contributed by atoms with Gasteiger partial charge in [0.05, 0.1) is 0 Å². The van der Waals surface area contributed by atoms with Gasteiger partial charge in [0.15, 0.2) is 0 Å². The molecule has 0 N–H and O–H groups in total. The first-order valence-corrected chi connectivity index (χ1v) is 6.44. The van der Waals surface area contributed by atoms with Crippen molar-refractivity contribution in [1.82, 2.24) is 0 Å². The Labute approximate surface area is 90.5 Å². The molecule has 0 radical (unpaired) electrons. The van der Waals surface area contributed by atoms with Crippen LogP contribution in [0.1, 0.15) is 66.7 Å². The highest BCUT2D eigenvalue weighted by Gasteiger charge is 2.30. The maximum absolute atomic E-state index is 2.46. The molecule has 0 aromatic heterocycles. The fraction of sp³-hybridized carbons (Fsp3) is 1.00. The van der Waals surface area contributed by atoms with Gasteiger partial charge in [-0.2, -0.15) is 0 Å². The minimum atomic E-state index is 0.578.